The van der Waals surface area contributed by atoms with Crippen LogP contribution in [0.3, 0.4) is 0 Å². The van der Waals surface area contributed by atoms with Crippen LogP contribution in [0, 0.1) is 12.8 Å². The molecular formula is C11H16N2. The third-order valence-corrected chi connectivity index (χ3v) is 2.67. The van der Waals surface area contributed by atoms with Crippen LogP contribution >= 0.6 is 0 Å². The van der Waals surface area contributed by atoms with E-state index in [9.17, 15) is 0 Å². The van der Waals surface area contributed by atoms with Crippen molar-refractivity contribution in [3.8, 4) is 0 Å². The first-order valence-electron chi connectivity index (χ1n) is 5.00. The fourth-order valence-corrected chi connectivity index (χ4v) is 1.69. The highest BCUT2D eigenvalue weighted by atomic mass is 15.0. The molecule has 0 radical (unpaired) electrons. The van der Waals surface area contributed by atoms with Gasteiger partial charge in [-0.25, -0.2) is 4.98 Å². The second kappa shape index (κ2) is 3.36. The summed E-state index contributed by atoms with van der Waals surface area (Å²) in [6.45, 7) is 4.27. The molecule has 0 bridgehead atoms. The summed E-state index contributed by atoms with van der Waals surface area (Å²) in [4.78, 5) is 4.41. The molecule has 1 N–H and O–H groups in total. The molecule has 1 heterocycles. The van der Waals surface area contributed by atoms with Gasteiger partial charge < -0.3 is 5.32 Å². The zero-order valence-electron chi connectivity index (χ0n) is 8.25. The van der Waals surface area contributed by atoms with Crippen LogP contribution in [-0.4, -0.2) is 11.0 Å². The Morgan fingerprint density at radius 3 is 3.00 bits per heavy atom. The Morgan fingerprint density at radius 2 is 2.38 bits per heavy atom. The van der Waals surface area contributed by atoms with Crippen molar-refractivity contribution in [3.63, 3.8) is 0 Å². The maximum Gasteiger partial charge on any atom is 0.126 e. The van der Waals surface area contributed by atoms with Crippen molar-refractivity contribution in [2.24, 2.45) is 5.92 Å². The van der Waals surface area contributed by atoms with Crippen molar-refractivity contribution < 1.29 is 0 Å². The molecule has 1 aromatic rings. The molecule has 1 aliphatic carbocycles. The molecule has 1 saturated carbocycles. The number of hydrogen-bond donors (Lipinski definition) is 1. The predicted molar refractivity (Wildman–Crippen MR) is 54.8 cm³/mol. The molecule has 0 spiro atoms. The van der Waals surface area contributed by atoms with E-state index >= 15 is 0 Å². The van der Waals surface area contributed by atoms with Gasteiger partial charge in [-0.05, 0) is 31.4 Å². The van der Waals surface area contributed by atoms with Gasteiger partial charge in [0.25, 0.3) is 0 Å². The molecule has 0 aromatic carbocycles. The van der Waals surface area contributed by atoms with Crippen LogP contribution in [0.25, 0.3) is 0 Å². The fraction of sp³-hybridized carbons (Fsp3) is 0.545. The quantitative estimate of drug-likeness (QED) is 0.765. The van der Waals surface area contributed by atoms with E-state index < -0.39 is 0 Å². The summed E-state index contributed by atoms with van der Waals surface area (Å²) in [5.41, 5.74) is 1.08. The molecule has 2 unspecified atom stereocenters. The number of aryl methyl sites for hydroxylation is 1. The van der Waals surface area contributed by atoms with Gasteiger partial charge in [-0.15, -0.1) is 0 Å². The molecule has 1 aromatic heterocycles. The average Bonchev–Trinajstić information content (AvgIpc) is 2.83. The Bertz CT molecular complexity index is 296. The van der Waals surface area contributed by atoms with Gasteiger partial charge in [-0.3, -0.25) is 0 Å². The van der Waals surface area contributed by atoms with Crippen LogP contribution < -0.4 is 5.32 Å². The Labute approximate surface area is 79.4 Å². The number of nitrogens with one attached hydrogen (secondary N) is 1. The van der Waals surface area contributed by atoms with Crippen molar-refractivity contribution in [1.29, 1.82) is 0 Å². The van der Waals surface area contributed by atoms with E-state index in [-0.39, 0.29) is 0 Å². The van der Waals surface area contributed by atoms with Crippen molar-refractivity contribution in [2.75, 3.05) is 5.32 Å². The van der Waals surface area contributed by atoms with E-state index in [1.54, 1.807) is 0 Å². The second-order valence-corrected chi connectivity index (χ2v) is 3.82. The van der Waals surface area contributed by atoms with Gasteiger partial charge in [0.05, 0.1) is 0 Å². The van der Waals surface area contributed by atoms with E-state index in [4.69, 9.17) is 0 Å². The Kier molecular flexibility index (Phi) is 2.21. The van der Waals surface area contributed by atoms with Crippen LogP contribution in [0.1, 0.15) is 25.5 Å². The lowest BCUT2D eigenvalue weighted by molar-refractivity contribution is 0.773. The van der Waals surface area contributed by atoms with Crippen molar-refractivity contribution in [3.05, 3.63) is 23.9 Å². The molecule has 2 rings (SSSR count). The molecular weight excluding hydrogens is 160 g/mol. The highest BCUT2D eigenvalue weighted by Gasteiger charge is 2.35. The van der Waals surface area contributed by atoms with Gasteiger partial charge in [-0.2, -0.15) is 0 Å². The lowest BCUT2D eigenvalue weighted by atomic mass is 10.3. The van der Waals surface area contributed by atoms with Crippen LogP contribution in [0.4, 0.5) is 5.82 Å². The van der Waals surface area contributed by atoms with E-state index in [0.717, 1.165) is 17.4 Å². The molecule has 0 aliphatic heterocycles. The lowest BCUT2D eigenvalue weighted by Crippen LogP contribution is -2.05. The Balaban J connectivity index is 1.95. The number of pyridine rings is 1. The van der Waals surface area contributed by atoms with Gasteiger partial charge in [-0.1, -0.05) is 19.4 Å². The number of hydrogen-bond acceptors (Lipinski definition) is 2. The molecule has 0 saturated heterocycles. The van der Waals surface area contributed by atoms with Gasteiger partial charge in [0, 0.05) is 11.7 Å². The zero-order chi connectivity index (χ0) is 9.26. The third-order valence-electron chi connectivity index (χ3n) is 2.67. The maximum atomic E-state index is 4.41. The summed E-state index contributed by atoms with van der Waals surface area (Å²) in [5, 5.41) is 3.45. The van der Waals surface area contributed by atoms with Gasteiger partial charge in [0.1, 0.15) is 5.82 Å². The summed E-state index contributed by atoms with van der Waals surface area (Å²) in [7, 11) is 0. The molecule has 2 heteroatoms. The molecule has 2 nitrogen and oxygen atoms in total. The van der Waals surface area contributed by atoms with E-state index in [1.807, 2.05) is 25.1 Å². The van der Waals surface area contributed by atoms with Crippen molar-refractivity contribution >= 4 is 5.82 Å². The molecule has 1 fully saturated rings. The minimum absolute atomic E-state index is 0.680. The van der Waals surface area contributed by atoms with E-state index in [2.05, 4.69) is 17.2 Å². The number of aromatic nitrogens is 1. The summed E-state index contributed by atoms with van der Waals surface area (Å²) in [6.07, 6.45) is 2.59. The minimum Gasteiger partial charge on any atom is -0.367 e. The van der Waals surface area contributed by atoms with E-state index in [0.29, 0.717) is 6.04 Å². The average molecular weight is 176 g/mol. The number of rotatable bonds is 3. The number of anilines is 1. The first-order chi connectivity index (χ1) is 6.29. The highest BCUT2D eigenvalue weighted by Crippen LogP contribution is 2.35. The summed E-state index contributed by atoms with van der Waals surface area (Å²) in [5.74, 6) is 1.91. The summed E-state index contributed by atoms with van der Waals surface area (Å²) in [6, 6.07) is 6.79. The topological polar surface area (TPSA) is 24.9 Å². The molecule has 1 aliphatic rings. The first kappa shape index (κ1) is 8.54. The first-order valence-corrected chi connectivity index (χ1v) is 5.00. The SMILES string of the molecule is CCC1CC1Nc1cccc(C)n1. The zero-order valence-corrected chi connectivity index (χ0v) is 8.25. The van der Waals surface area contributed by atoms with Gasteiger partial charge in [0.15, 0.2) is 0 Å². The van der Waals surface area contributed by atoms with Crippen LogP contribution in [0.5, 0.6) is 0 Å². The fourth-order valence-electron chi connectivity index (χ4n) is 1.69. The largest absolute Gasteiger partial charge is 0.367 e. The van der Waals surface area contributed by atoms with Crippen LogP contribution in [0.2, 0.25) is 0 Å². The Hall–Kier alpha value is -1.05. The molecule has 2 atom stereocenters. The minimum atomic E-state index is 0.680. The standard InChI is InChI=1S/C11H16N2/c1-3-9-7-10(9)13-11-6-4-5-8(2)12-11/h4-6,9-10H,3,7H2,1-2H3,(H,12,13). The number of nitrogens with zero attached hydrogens (tertiary/aromatic N) is 1. The van der Waals surface area contributed by atoms with Gasteiger partial charge >= 0.3 is 0 Å². The van der Waals surface area contributed by atoms with Crippen LogP contribution in [-0.2, 0) is 0 Å². The van der Waals surface area contributed by atoms with Crippen LogP contribution in [0.15, 0.2) is 18.2 Å². The molecule has 70 valence electrons. The second-order valence-electron chi connectivity index (χ2n) is 3.82. The molecule has 13 heavy (non-hydrogen) atoms. The van der Waals surface area contributed by atoms with E-state index in [1.165, 1.54) is 12.8 Å². The Morgan fingerprint density at radius 1 is 1.54 bits per heavy atom. The highest BCUT2D eigenvalue weighted by molar-refractivity contribution is 5.38. The van der Waals surface area contributed by atoms with Gasteiger partial charge in [0.2, 0.25) is 0 Å². The predicted octanol–water partition coefficient (Wildman–Crippen LogP) is 2.60. The smallest absolute Gasteiger partial charge is 0.126 e. The summed E-state index contributed by atoms with van der Waals surface area (Å²) >= 11 is 0. The van der Waals surface area contributed by atoms with Crippen molar-refractivity contribution in [2.45, 2.75) is 32.7 Å². The lowest BCUT2D eigenvalue weighted by Gasteiger charge is -2.04. The monoisotopic (exact) mass is 176 g/mol. The summed E-state index contributed by atoms with van der Waals surface area (Å²) < 4.78 is 0. The molecule has 0 amide bonds. The van der Waals surface area contributed by atoms with Crippen molar-refractivity contribution in [1.82, 2.24) is 4.98 Å². The maximum absolute atomic E-state index is 4.41. The third kappa shape index (κ3) is 2.00. The normalized spacial score (nSPS) is 25.7.